The van der Waals surface area contributed by atoms with Crippen LogP contribution in [0.1, 0.15) is 15.9 Å². The molecule has 0 saturated carbocycles. The summed E-state index contributed by atoms with van der Waals surface area (Å²) in [6.07, 6.45) is 0.789. The van der Waals surface area contributed by atoms with Gasteiger partial charge >= 0.3 is 0 Å². The molecule has 3 aromatic carbocycles. The molecule has 0 radical (unpaired) electrons. The second-order valence-corrected chi connectivity index (χ2v) is 9.22. The zero-order chi connectivity index (χ0) is 20.6. The number of hydrogen-bond donors (Lipinski definition) is 0. The molecule has 0 aromatic heterocycles. The van der Waals surface area contributed by atoms with Gasteiger partial charge in [0.25, 0.3) is 15.9 Å². The molecular weight excluding hydrogens is 408 g/mol. The molecule has 1 aliphatic rings. The van der Waals surface area contributed by atoms with Crippen LogP contribution in [-0.4, -0.2) is 27.9 Å². The number of carbonyl (C=O) groups excluding carboxylic acids is 1. The fourth-order valence-electron chi connectivity index (χ4n) is 3.46. The Morgan fingerprint density at radius 2 is 1.76 bits per heavy atom. The maximum absolute atomic E-state index is 13.1. The number of rotatable bonds is 4. The monoisotopic (exact) mass is 426 g/mol. The number of para-hydroxylation sites is 1. The minimum Gasteiger partial charge on any atom is -0.308 e. The Kier molecular flexibility index (Phi) is 5.06. The molecule has 0 bridgehead atoms. The molecule has 1 heterocycles. The highest BCUT2D eigenvalue weighted by molar-refractivity contribution is 7.92. The van der Waals surface area contributed by atoms with E-state index in [1.807, 2.05) is 24.3 Å². The quantitative estimate of drug-likeness (QED) is 0.622. The third-order valence-electron chi connectivity index (χ3n) is 5.04. The van der Waals surface area contributed by atoms with E-state index in [1.54, 1.807) is 41.3 Å². The summed E-state index contributed by atoms with van der Waals surface area (Å²) >= 11 is 5.99. The smallest absolute Gasteiger partial charge is 0.264 e. The van der Waals surface area contributed by atoms with Gasteiger partial charge in [0.1, 0.15) is 0 Å². The van der Waals surface area contributed by atoms with Crippen molar-refractivity contribution >= 4 is 38.9 Å². The van der Waals surface area contributed by atoms with Gasteiger partial charge in [-0.2, -0.15) is 0 Å². The highest BCUT2D eigenvalue weighted by atomic mass is 35.5. The molecule has 0 aliphatic carbocycles. The molecule has 3 aromatic rings. The van der Waals surface area contributed by atoms with Gasteiger partial charge in [-0.05, 0) is 54.4 Å². The van der Waals surface area contributed by atoms with Crippen molar-refractivity contribution in [3.63, 3.8) is 0 Å². The van der Waals surface area contributed by atoms with Gasteiger partial charge in [-0.15, -0.1) is 0 Å². The SMILES string of the molecule is CN(c1cccc(Cl)c1)S(=O)(=O)c1cccc(C(=O)N2CCc3ccccc32)c1. The average Bonchev–Trinajstić information content (AvgIpc) is 3.17. The number of hydrogen-bond acceptors (Lipinski definition) is 3. The Hall–Kier alpha value is -2.83. The van der Waals surface area contributed by atoms with Gasteiger partial charge in [-0.3, -0.25) is 9.10 Å². The largest absolute Gasteiger partial charge is 0.308 e. The van der Waals surface area contributed by atoms with E-state index in [0.29, 0.717) is 22.8 Å². The number of carbonyl (C=O) groups is 1. The first-order valence-electron chi connectivity index (χ1n) is 9.12. The van der Waals surface area contributed by atoms with Gasteiger partial charge < -0.3 is 4.90 Å². The molecule has 0 N–H and O–H groups in total. The molecule has 29 heavy (non-hydrogen) atoms. The first-order chi connectivity index (χ1) is 13.9. The molecule has 0 fully saturated rings. The first kappa shape index (κ1) is 19.5. The van der Waals surface area contributed by atoms with Crippen LogP contribution in [0, 0.1) is 0 Å². The van der Waals surface area contributed by atoms with E-state index in [0.717, 1.165) is 22.0 Å². The van der Waals surface area contributed by atoms with Gasteiger partial charge in [0.2, 0.25) is 0 Å². The number of nitrogens with zero attached hydrogens (tertiary/aromatic N) is 2. The zero-order valence-corrected chi connectivity index (χ0v) is 17.3. The van der Waals surface area contributed by atoms with Gasteiger partial charge in [0.15, 0.2) is 0 Å². The number of anilines is 2. The molecule has 0 atom stereocenters. The second kappa shape index (κ2) is 7.54. The second-order valence-electron chi connectivity index (χ2n) is 6.82. The molecule has 0 spiro atoms. The lowest BCUT2D eigenvalue weighted by Crippen LogP contribution is -2.30. The molecule has 0 saturated heterocycles. The molecule has 7 heteroatoms. The molecule has 0 unspecified atom stereocenters. The summed E-state index contributed by atoms with van der Waals surface area (Å²) in [5.41, 5.74) is 2.78. The first-order valence-corrected chi connectivity index (χ1v) is 10.9. The molecule has 4 rings (SSSR count). The van der Waals surface area contributed by atoms with Crippen molar-refractivity contribution in [3.8, 4) is 0 Å². The van der Waals surface area contributed by atoms with Crippen LogP contribution < -0.4 is 9.21 Å². The highest BCUT2D eigenvalue weighted by Gasteiger charge is 2.27. The number of fused-ring (bicyclic) bond motifs is 1. The van der Waals surface area contributed by atoms with E-state index in [2.05, 4.69) is 0 Å². The van der Waals surface area contributed by atoms with Crippen LogP contribution in [0.25, 0.3) is 0 Å². The van der Waals surface area contributed by atoms with E-state index in [-0.39, 0.29) is 10.8 Å². The Morgan fingerprint density at radius 3 is 2.55 bits per heavy atom. The summed E-state index contributed by atoms with van der Waals surface area (Å²) < 4.78 is 27.4. The van der Waals surface area contributed by atoms with Crippen molar-refractivity contribution < 1.29 is 13.2 Å². The standard InChI is InChI=1S/C22H19ClN2O3S/c1-24(19-9-5-8-18(23)15-19)29(27,28)20-10-4-7-17(14-20)22(26)25-13-12-16-6-2-3-11-21(16)25/h2-11,14-15H,12-13H2,1H3. The Labute approximate surface area is 175 Å². The van der Waals surface area contributed by atoms with Crippen LogP contribution in [0.5, 0.6) is 0 Å². The lowest BCUT2D eigenvalue weighted by molar-refractivity contribution is 0.0989. The average molecular weight is 427 g/mol. The lowest BCUT2D eigenvalue weighted by atomic mass is 10.1. The predicted octanol–water partition coefficient (Wildman–Crippen LogP) is 4.37. The topological polar surface area (TPSA) is 57.7 Å². The number of amides is 1. The maximum Gasteiger partial charge on any atom is 0.264 e. The molecule has 5 nitrogen and oxygen atoms in total. The third-order valence-corrected chi connectivity index (χ3v) is 7.06. The fourth-order valence-corrected chi connectivity index (χ4v) is 4.88. The summed E-state index contributed by atoms with van der Waals surface area (Å²) in [4.78, 5) is 14.8. The fraction of sp³-hybridized carbons (Fsp3) is 0.136. The van der Waals surface area contributed by atoms with Gasteiger partial charge in [0.05, 0.1) is 10.6 Å². The van der Waals surface area contributed by atoms with Gasteiger partial charge in [-0.1, -0.05) is 41.9 Å². The summed E-state index contributed by atoms with van der Waals surface area (Å²) in [6.45, 7) is 0.581. The maximum atomic E-state index is 13.1. The highest BCUT2D eigenvalue weighted by Crippen LogP contribution is 2.30. The number of halogens is 1. The summed E-state index contributed by atoms with van der Waals surface area (Å²) in [6, 6.07) is 20.5. The van der Waals surface area contributed by atoms with Crippen LogP contribution in [0.15, 0.2) is 77.7 Å². The van der Waals surface area contributed by atoms with E-state index in [9.17, 15) is 13.2 Å². The lowest BCUT2D eigenvalue weighted by Gasteiger charge is -2.21. The number of sulfonamides is 1. The molecule has 1 amide bonds. The summed E-state index contributed by atoms with van der Waals surface area (Å²) in [5, 5.41) is 0.446. The molecule has 1 aliphatic heterocycles. The Balaban J connectivity index is 1.66. The van der Waals surface area contributed by atoms with Crippen LogP contribution in [-0.2, 0) is 16.4 Å². The predicted molar refractivity (Wildman–Crippen MR) is 115 cm³/mol. The van der Waals surface area contributed by atoms with Crippen molar-refractivity contribution in [3.05, 3.63) is 88.9 Å². The van der Waals surface area contributed by atoms with Crippen LogP contribution in [0.4, 0.5) is 11.4 Å². The van der Waals surface area contributed by atoms with E-state index in [1.165, 1.54) is 19.2 Å². The van der Waals surface area contributed by atoms with Crippen LogP contribution >= 0.6 is 11.6 Å². The summed E-state index contributed by atoms with van der Waals surface area (Å²) in [5.74, 6) is -0.211. The molecular formula is C22H19ClN2O3S. The minimum absolute atomic E-state index is 0.0540. The van der Waals surface area contributed by atoms with Crippen molar-refractivity contribution in [2.24, 2.45) is 0 Å². The van der Waals surface area contributed by atoms with Crippen LogP contribution in [0.3, 0.4) is 0 Å². The zero-order valence-electron chi connectivity index (χ0n) is 15.7. The van der Waals surface area contributed by atoms with Crippen molar-refractivity contribution in [1.82, 2.24) is 0 Å². The van der Waals surface area contributed by atoms with E-state index < -0.39 is 10.0 Å². The normalized spacial score (nSPS) is 13.2. The summed E-state index contributed by atoms with van der Waals surface area (Å²) in [7, 11) is -2.38. The third kappa shape index (κ3) is 3.61. The van der Waals surface area contributed by atoms with Crippen molar-refractivity contribution in [2.75, 3.05) is 22.8 Å². The Morgan fingerprint density at radius 1 is 1.00 bits per heavy atom. The van der Waals surface area contributed by atoms with Crippen molar-refractivity contribution in [2.45, 2.75) is 11.3 Å². The van der Waals surface area contributed by atoms with E-state index in [4.69, 9.17) is 11.6 Å². The minimum atomic E-state index is -3.84. The van der Waals surface area contributed by atoms with E-state index >= 15 is 0 Å². The van der Waals surface area contributed by atoms with Crippen molar-refractivity contribution in [1.29, 1.82) is 0 Å². The van der Waals surface area contributed by atoms with Gasteiger partial charge in [-0.25, -0.2) is 8.42 Å². The van der Waals surface area contributed by atoms with Gasteiger partial charge in [0, 0.05) is 29.9 Å². The number of benzene rings is 3. The molecule has 148 valence electrons. The Bertz CT molecular complexity index is 1190. The van der Waals surface area contributed by atoms with Crippen LogP contribution in [0.2, 0.25) is 5.02 Å².